The first-order chi connectivity index (χ1) is 14.2. The number of ether oxygens (including phenoxy) is 4. The highest BCUT2D eigenvalue weighted by atomic mass is 16.7. The van der Waals surface area contributed by atoms with E-state index in [0.29, 0.717) is 40.2 Å². The normalized spacial score (nSPS) is 11.7. The van der Waals surface area contributed by atoms with Gasteiger partial charge in [-0.3, -0.25) is 4.79 Å². The number of hydrogen-bond donors (Lipinski definition) is 2. The molecule has 3 aromatic rings. The van der Waals surface area contributed by atoms with Gasteiger partial charge in [0.1, 0.15) is 29.3 Å². The molecule has 2 aromatic carbocycles. The summed E-state index contributed by atoms with van der Waals surface area (Å²) in [6, 6.07) is 12.0. The van der Waals surface area contributed by atoms with Crippen molar-refractivity contribution in [1.29, 1.82) is 0 Å². The predicted octanol–water partition coefficient (Wildman–Crippen LogP) is 3.22. The van der Waals surface area contributed by atoms with Gasteiger partial charge in [-0.05, 0) is 24.3 Å². The van der Waals surface area contributed by atoms with Crippen LogP contribution in [0.4, 0.5) is 17.2 Å². The SMILES string of the molecule is COc1ccc(OC)c(Nc2cc(C(=O)Nc3ccc4c(c3)OCO4)ncn2)c1. The van der Waals surface area contributed by atoms with Gasteiger partial charge in [-0.2, -0.15) is 0 Å². The number of carbonyl (C=O) groups excluding carboxylic acids is 1. The number of benzene rings is 2. The van der Waals surface area contributed by atoms with Crippen LogP contribution in [0.5, 0.6) is 23.0 Å². The van der Waals surface area contributed by atoms with Crippen molar-refractivity contribution in [1.82, 2.24) is 9.97 Å². The molecule has 4 rings (SSSR count). The standard InChI is InChI=1S/C20H18N4O5/c1-26-13-4-6-16(27-2)14(8-13)24-19-9-15(21-10-22-19)20(25)23-12-3-5-17-18(7-12)29-11-28-17/h3-10H,11H2,1-2H3,(H,23,25)(H,21,22,24). The number of nitrogens with zero attached hydrogens (tertiary/aromatic N) is 2. The average Bonchev–Trinajstić information content (AvgIpc) is 3.21. The Hall–Kier alpha value is -4.01. The molecule has 0 aliphatic carbocycles. The van der Waals surface area contributed by atoms with E-state index in [4.69, 9.17) is 18.9 Å². The van der Waals surface area contributed by atoms with Crippen LogP contribution in [0.15, 0.2) is 48.8 Å². The van der Waals surface area contributed by atoms with Crippen molar-refractivity contribution in [2.75, 3.05) is 31.6 Å². The Kier molecular flexibility index (Phi) is 5.02. The molecule has 0 unspecified atom stereocenters. The zero-order valence-electron chi connectivity index (χ0n) is 15.8. The van der Waals surface area contributed by atoms with Crippen molar-refractivity contribution in [3.05, 3.63) is 54.5 Å². The lowest BCUT2D eigenvalue weighted by molar-refractivity contribution is 0.102. The van der Waals surface area contributed by atoms with Crippen LogP contribution in [-0.4, -0.2) is 36.9 Å². The summed E-state index contributed by atoms with van der Waals surface area (Å²) >= 11 is 0. The van der Waals surface area contributed by atoms with Gasteiger partial charge < -0.3 is 29.6 Å². The molecular weight excluding hydrogens is 376 g/mol. The summed E-state index contributed by atoms with van der Waals surface area (Å²) in [6.07, 6.45) is 1.31. The second-order valence-electron chi connectivity index (χ2n) is 6.00. The second-order valence-corrected chi connectivity index (χ2v) is 6.00. The van der Waals surface area contributed by atoms with E-state index in [9.17, 15) is 4.79 Å². The third kappa shape index (κ3) is 3.98. The van der Waals surface area contributed by atoms with Crippen LogP contribution < -0.4 is 29.6 Å². The molecule has 9 heteroatoms. The molecule has 29 heavy (non-hydrogen) atoms. The number of carbonyl (C=O) groups is 1. The average molecular weight is 394 g/mol. The number of hydrogen-bond acceptors (Lipinski definition) is 8. The fourth-order valence-electron chi connectivity index (χ4n) is 2.77. The van der Waals surface area contributed by atoms with Crippen molar-refractivity contribution in [3.8, 4) is 23.0 Å². The van der Waals surface area contributed by atoms with Gasteiger partial charge >= 0.3 is 0 Å². The molecular formula is C20H18N4O5. The van der Waals surface area contributed by atoms with Gasteiger partial charge in [-0.25, -0.2) is 9.97 Å². The van der Waals surface area contributed by atoms with Gasteiger partial charge in [-0.15, -0.1) is 0 Å². The maximum absolute atomic E-state index is 12.6. The number of rotatable bonds is 6. The summed E-state index contributed by atoms with van der Waals surface area (Å²) < 4.78 is 21.2. The van der Waals surface area contributed by atoms with Crippen molar-refractivity contribution in [2.24, 2.45) is 0 Å². The van der Waals surface area contributed by atoms with Gasteiger partial charge in [0.05, 0.1) is 19.9 Å². The molecule has 0 bridgehead atoms. The van der Waals surface area contributed by atoms with E-state index in [1.54, 1.807) is 56.7 Å². The van der Waals surface area contributed by atoms with Crippen LogP contribution in [0.2, 0.25) is 0 Å². The van der Waals surface area contributed by atoms with Gasteiger partial charge in [-0.1, -0.05) is 0 Å². The number of anilines is 3. The van der Waals surface area contributed by atoms with E-state index in [1.165, 1.54) is 6.33 Å². The van der Waals surface area contributed by atoms with E-state index in [2.05, 4.69) is 20.6 Å². The van der Waals surface area contributed by atoms with Crippen LogP contribution in [0, 0.1) is 0 Å². The summed E-state index contributed by atoms with van der Waals surface area (Å²) in [5.74, 6) is 2.54. The Morgan fingerprint density at radius 1 is 1.00 bits per heavy atom. The molecule has 9 nitrogen and oxygen atoms in total. The molecule has 0 spiro atoms. The minimum atomic E-state index is -0.382. The molecule has 0 radical (unpaired) electrons. The number of aromatic nitrogens is 2. The number of methoxy groups -OCH3 is 2. The van der Waals surface area contributed by atoms with Gasteiger partial charge in [0.15, 0.2) is 11.5 Å². The molecule has 0 saturated carbocycles. The van der Waals surface area contributed by atoms with Crippen LogP contribution in [-0.2, 0) is 0 Å². The highest BCUT2D eigenvalue weighted by Gasteiger charge is 2.16. The van der Waals surface area contributed by atoms with Gasteiger partial charge in [0.2, 0.25) is 6.79 Å². The highest BCUT2D eigenvalue weighted by molar-refractivity contribution is 6.03. The summed E-state index contributed by atoms with van der Waals surface area (Å²) in [5, 5.41) is 5.90. The van der Waals surface area contributed by atoms with E-state index < -0.39 is 0 Å². The second kappa shape index (κ2) is 7.93. The molecule has 0 fully saturated rings. The van der Waals surface area contributed by atoms with E-state index in [0.717, 1.165) is 0 Å². The van der Waals surface area contributed by atoms with Crippen LogP contribution in [0.25, 0.3) is 0 Å². The predicted molar refractivity (Wildman–Crippen MR) is 105 cm³/mol. The molecule has 148 valence electrons. The first-order valence-electron chi connectivity index (χ1n) is 8.68. The van der Waals surface area contributed by atoms with Crippen LogP contribution in [0.1, 0.15) is 10.5 Å². The third-order valence-electron chi connectivity index (χ3n) is 4.20. The maximum Gasteiger partial charge on any atom is 0.274 e. The van der Waals surface area contributed by atoms with Gasteiger partial charge in [0.25, 0.3) is 5.91 Å². The van der Waals surface area contributed by atoms with E-state index in [1.807, 2.05) is 0 Å². The number of amides is 1. The Morgan fingerprint density at radius 2 is 1.86 bits per heavy atom. The monoisotopic (exact) mass is 394 g/mol. The Bertz CT molecular complexity index is 1060. The number of fused-ring (bicyclic) bond motifs is 1. The van der Waals surface area contributed by atoms with Crippen molar-refractivity contribution >= 4 is 23.1 Å². The first kappa shape index (κ1) is 18.4. The Balaban J connectivity index is 1.52. The zero-order chi connectivity index (χ0) is 20.2. The maximum atomic E-state index is 12.6. The Labute approximate surface area is 166 Å². The summed E-state index contributed by atoms with van der Waals surface area (Å²) in [6.45, 7) is 0.168. The Morgan fingerprint density at radius 3 is 2.69 bits per heavy atom. The lowest BCUT2D eigenvalue weighted by Gasteiger charge is -2.12. The molecule has 0 atom stereocenters. The lowest BCUT2D eigenvalue weighted by atomic mass is 10.2. The largest absolute Gasteiger partial charge is 0.497 e. The summed E-state index contributed by atoms with van der Waals surface area (Å²) in [4.78, 5) is 20.8. The minimum Gasteiger partial charge on any atom is -0.497 e. The quantitative estimate of drug-likeness (QED) is 0.657. The molecule has 0 saturated heterocycles. The topological polar surface area (TPSA) is 104 Å². The summed E-state index contributed by atoms with van der Waals surface area (Å²) in [5.41, 5.74) is 1.41. The van der Waals surface area contributed by atoms with E-state index >= 15 is 0 Å². The van der Waals surface area contributed by atoms with Crippen LogP contribution in [0.3, 0.4) is 0 Å². The number of nitrogens with one attached hydrogen (secondary N) is 2. The molecule has 1 aliphatic rings. The molecule has 2 heterocycles. The van der Waals surface area contributed by atoms with Crippen LogP contribution >= 0.6 is 0 Å². The molecule has 1 aliphatic heterocycles. The molecule has 2 N–H and O–H groups in total. The fourth-order valence-corrected chi connectivity index (χ4v) is 2.77. The third-order valence-corrected chi connectivity index (χ3v) is 4.20. The van der Waals surface area contributed by atoms with Crippen molar-refractivity contribution in [2.45, 2.75) is 0 Å². The molecule has 1 amide bonds. The minimum absolute atomic E-state index is 0.168. The lowest BCUT2D eigenvalue weighted by Crippen LogP contribution is -2.14. The fraction of sp³-hybridized carbons (Fsp3) is 0.150. The first-order valence-corrected chi connectivity index (χ1v) is 8.68. The van der Waals surface area contributed by atoms with Crippen molar-refractivity contribution in [3.63, 3.8) is 0 Å². The smallest absolute Gasteiger partial charge is 0.274 e. The van der Waals surface area contributed by atoms with E-state index in [-0.39, 0.29) is 18.4 Å². The highest BCUT2D eigenvalue weighted by Crippen LogP contribution is 2.34. The zero-order valence-corrected chi connectivity index (χ0v) is 15.8. The van der Waals surface area contributed by atoms with Crippen molar-refractivity contribution < 1.29 is 23.7 Å². The summed E-state index contributed by atoms with van der Waals surface area (Å²) in [7, 11) is 3.14. The van der Waals surface area contributed by atoms with Gasteiger partial charge in [0, 0.05) is 23.9 Å². The molecule has 1 aromatic heterocycles.